The largest absolute Gasteiger partial charge is 0.573 e. The molecule has 0 saturated carbocycles. The minimum absolute atomic E-state index is 0.0407. The Labute approximate surface area is 170 Å². The van der Waals surface area contributed by atoms with Gasteiger partial charge in [-0.2, -0.15) is 0 Å². The van der Waals surface area contributed by atoms with E-state index in [9.17, 15) is 26.4 Å². The van der Waals surface area contributed by atoms with Crippen molar-refractivity contribution in [2.24, 2.45) is 0 Å². The fourth-order valence-corrected chi connectivity index (χ4v) is 4.89. The zero-order chi connectivity index (χ0) is 21.4. The Bertz CT molecular complexity index is 1010. The highest BCUT2D eigenvalue weighted by Crippen LogP contribution is 2.37. The number of carbonyl (C=O) groups is 1. The molecule has 0 aromatic heterocycles. The number of ether oxygens (including phenoxy) is 1. The summed E-state index contributed by atoms with van der Waals surface area (Å²) < 4.78 is 65.9. The van der Waals surface area contributed by atoms with Crippen molar-refractivity contribution in [1.82, 2.24) is 0 Å². The quantitative estimate of drug-likeness (QED) is 0.761. The third-order valence-electron chi connectivity index (χ3n) is 4.59. The summed E-state index contributed by atoms with van der Waals surface area (Å²) in [5, 5.41) is 2.90. The molecular weight excluding hydrogens is 433 g/mol. The third-order valence-corrected chi connectivity index (χ3v) is 7.35. The highest BCUT2D eigenvalue weighted by molar-refractivity contribution is 7.95. The molecular formula is C18H16ClF3N2O4S. The van der Waals surface area contributed by atoms with Gasteiger partial charge in [-0.15, -0.1) is 13.2 Å². The molecule has 0 bridgehead atoms. The second-order valence-corrected chi connectivity index (χ2v) is 9.29. The zero-order valence-corrected chi connectivity index (χ0v) is 16.6. The van der Waals surface area contributed by atoms with Gasteiger partial charge < -0.3 is 10.1 Å². The van der Waals surface area contributed by atoms with E-state index in [1.807, 2.05) is 0 Å². The van der Waals surface area contributed by atoms with Gasteiger partial charge in [0.25, 0.3) is 0 Å². The van der Waals surface area contributed by atoms with Crippen LogP contribution < -0.4 is 14.4 Å². The molecule has 11 heteroatoms. The van der Waals surface area contributed by atoms with Crippen molar-refractivity contribution in [3.63, 3.8) is 0 Å². The number of hydrogen-bond donors (Lipinski definition) is 1. The number of alkyl halides is 3. The number of nitrogens with one attached hydrogen (secondary N) is 1. The number of benzene rings is 2. The first-order valence-electron chi connectivity index (χ1n) is 8.37. The molecule has 3 rings (SSSR count). The Morgan fingerprint density at radius 1 is 1.14 bits per heavy atom. The van der Waals surface area contributed by atoms with Crippen LogP contribution in [0.3, 0.4) is 0 Å². The van der Waals surface area contributed by atoms with E-state index in [4.69, 9.17) is 11.6 Å². The lowest BCUT2D eigenvalue weighted by molar-refractivity contribution is -0.274. The minimum Gasteiger partial charge on any atom is -0.406 e. The number of sulfonamides is 1. The number of rotatable bonds is 4. The highest BCUT2D eigenvalue weighted by Gasteiger charge is 2.54. The first kappa shape index (κ1) is 21.3. The van der Waals surface area contributed by atoms with Crippen LogP contribution in [0.1, 0.15) is 13.3 Å². The molecule has 0 aliphatic carbocycles. The van der Waals surface area contributed by atoms with Gasteiger partial charge in [0.2, 0.25) is 15.9 Å². The van der Waals surface area contributed by atoms with Crippen molar-refractivity contribution in [3.05, 3.63) is 53.6 Å². The molecule has 1 atom stereocenters. The number of carbonyl (C=O) groups excluding carboxylic acids is 1. The van der Waals surface area contributed by atoms with Crippen molar-refractivity contribution in [2.45, 2.75) is 24.5 Å². The normalized spacial score (nSPS) is 21.1. The van der Waals surface area contributed by atoms with Crippen LogP contribution in [0.5, 0.6) is 5.75 Å². The van der Waals surface area contributed by atoms with Crippen LogP contribution in [-0.2, 0) is 14.8 Å². The lowest BCUT2D eigenvalue weighted by Gasteiger charge is -2.25. The molecule has 29 heavy (non-hydrogen) atoms. The van der Waals surface area contributed by atoms with Crippen LogP contribution in [0.15, 0.2) is 48.5 Å². The molecule has 1 N–H and O–H groups in total. The Balaban J connectivity index is 1.77. The Hall–Kier alpha value is -2.46. The topological polar surface area (TPSA) is 75.7 Å². The number of amides is 1. The average Bonchev–Trinajstić information content (AvgIpc) is 2.87. The summed E-state index contributed by atoms with van der Waals surface area (Å²) >= 11 is 5.83. The van der Waals surface area contributed by atoms with Crippen molar-refractivity contribution in [1.29, 1.82) is 0 Å². The Kier molecular flexibility index (Phi) is 5.44. The molecule has 0 radical (unpaired) electrons. The van der Waals surface area contributed by atoms with Crippen LogP contribution in [0.25, 0.3) is 0 Å². The predicted molar refractivity (Wildman–Crippen MR) is 102 cm³/mol. The monoisotopic (exact) mass is 448 g/mol. The summed E-state index contributed by atoms with van der Waals surface area (Å²) in [4.78, 5) is 12.7. The molecule has 2 aromatic rings. The molecule has 1 amide bonds. The Morgan fingerprint density at radius 2 is 1.72 bits per heavy atom. The molecule has 1 aliphatic rings. The summed E-state index contributed by atoms with van der Waals surface area (Å²) in [5.41, 5.74) is 0.533. The van der Waals surface area contributed by atoms with E-state index in [1.54, 1.807) is 24.3 Å². The highest BCUT2D eigenvalue weighted by atomic mass is 35.5. The zero-order valence-electron chi connectivity index (χ0n) is 15.0. The standard InChI is InChI=1S/C18H16ClF3N2O4S/c1-17(10-11-24(29(17,26)27)14-6-2-12(19)3-7-14)16(25)23-13-4-8-15(9-5-13)28-18(20,21)22/h2-9H,10-11H2,1H3,(H,23,25). The van der Waals surface area contributed by atoms with Gasteiger partial charge in [-0.25, -0.2) is 8.42 Å². The lowest BCUT2D eigenvalue weighted by atomic mass is 10.1. The van der Waals surface area contributed by atoms with E-state index in [0.29, 0.717) is 10.7 Å². The molecule has 6 nitrogen and oxygen atoms in total. The van der Waals surface area contributed by atoms with Crippen LogP contribution in [0, 0.1) is 0 Å². The fraction of sp³-hybridized carbons (Fsp3) is 0.278. The summed E-state index contributed by atoms with van der Waals surface area (Å²) in [6.45, 7) is 1.42. The van der Waals surface area contributed by atoms with E-state index in [-0.39, 0.29) is 18.7 Å². The van der Waals surface area contributed by atoms with Gasteiger partial charge in [0.15, 0.2) is 4.75 Å². The van der Waals surface area contributed by atoms with Crippen molar-refractivity contribution in [2.75, 3.05) is 16.2 Å². The van der Waals surface area contributed by atoms with Gasteiger partial charge in [0, 0.05) is 17.3 Å². The molecule has 1 saturated heterocycles. The molecule has 1 fully saturated rings. The first-order valence-corrected chi connectivity index (χ1v) is 10.2. The predicted octanol–water partition coefficient (Wildman–Crippen LogP) is 4.18. The minimum atomic E-state index is -4.83. The van der Waals surface area contributed by atoms with E-state index in [1.165, 1.54) is 19.1 Å². The second-order valence-electron chi connectivity index (χ2n) is 6.56. The lowest BCUT2D eigenvalue weighted by Crippen LogP contribution is -2.47. The van der Waals surface area contributed by atoms with Crippen molar-refractivity contribution >= 4 is 38.9 Å². The molecule has 156 valence electrons. The van der Waals surface area contributed by atoms with Gasteiger partial charge in [-0.3, -0.25) is 9.10 Å². The van der Waals surface area contributed by atoms with Gasteiger partial charge >= 0.3 is 6.36 Å². The summed E-state index contributed by atoms with van der Waals surface area (Å²) in [5.74, 6) is -1.23. The molecule has 1 heterocycles. The van der Waals surface area contributed by atoms with Gasteiger partial charge in [0.05, 0.1) is 5.69 Å². The summed E-state index contributed by atoms with van der Waals surface area (Å²) in [7, 11) is -4.04. The van der Waals surface area contributed by atoms with Gasteiger partial charge in [-0.1, -0.05) is 11.6 Å². The smallest absolute Gasteiger partial charge is 0.406 e. The second kappa shape index (κ2) is 7.42. The maximum absolute atomic E-state index is 13.0. The van der Waals surface area contributed by atoms with Gasteiger partial charge in [-0.05, 0) is 61.9 Å². The molecule has 2 aromatic carbocycles. The number of hydrogen-bond acceptors (Lipinski definition) is 4. The summed E-state index contributed by atoms with van der Waals surface area (Å²) in [6.07, 6.45) is -4.79. The van der Waals surface area contributed by atoms with E-state index in [2.05, 4.69) is 10.1 Å². The van der Waals surface area contributed by atoms with E-state index in [0.717, 1.165) is 16.4 Å². The molecule has 0 spiro atoms. The van der Waals surface area contributed by atoms with Crippen LogP contribution in [0.2, 0.25) is 5.02 Å². The Morgan fingerprint density at radius 3 is 2.28 bits per heavy atom. The number of nitrogens with zero attached hydrogens (tertiary/aromatic N) is 1. The molecule has 1 unspecified atom stereocenters. The van der Waals surface area contributed by atoms with Crippen LogP contribution in [-0.4, -0.2) is 32.0 Å². The number of anilines is 2. The van der Waals surface area contributed by atoms with Gasteiger partial charge in [0.1, 0.15) is 5.75 Å². The average molecular weight is 449 g/mol. The van der Waals surface area contributed by atoms with E-state index >= 15 is 0 Å². The first-order chi connectivity index (χ1) is 13.4. The number of halogens is 4. The summed E-state index contributed by atoms with van der Waals surface area (Å²) in [6, 6.07) is 10.6. The SMILES string of the molecule is CC1(C(=O)Nc2ccc(OC(F)(F)F)cc2)CCN(c2ccc(Cl)cc2)S1(=O)=O. The fourth-order valence-electron chi connectivity index (χ4n) is 2.92. The maximum Gasteiger partial charge on any atom is 0.573 e. The van der Waals surface area contributed by atoms with Crippen LogP contribution >= 0.6 is 11.6 Å². The van der Waals surface area contributed by atoms with E-state index < -0.39 is 32.8 Å². The van der Waals surface area contributed by atoms with Crippen LogP contribution in [0.4, 0.5) is 24.5 Å². The molecule has 1 aliphatic heterocycles. The maximum atomic E-state index is 13.0. The third kappa shape index (κ3) is 4.27. The van der Waals surface area contributed by atoms with Crippen molar-refractivity contribution < 1.29 is 31.1 Å². The van der Waals surface area contributed by atoms with Crippen molar-refractivity contribution in [3.8, 4) is 5.75 Å².